The molecule has 0 N–H and O–H groups in total. The van der Waals surface area contributed by atoms with Gasteiger partial charge in [0.15, 0.2) is 0 Å². The Morgan fingerprint density at radius 1 is 1.00 bits per heavy atom. The predicted octanol–water partition coefficient (Wildman–Crippen LogP) is 5.02. The topological polar surface area (TPSA) is 3.24 Å². The fourth-order valence-corrected chi connectivity index (χ4v) is 4.27. The fourth-order valence-electron chi connectivity index (χ4n) is 4.27. The van der Waals surface area contributed by atoms with Gasteiger partial charge in [-0.2, -0.15) is 0 Å². The number of rotatable bonds is 1. The Bertz CT molecular complexity index is 473. The van der Waals surface area contributed by atoms with E-state index in [1.165, 1.54) is 28.8 Å². The van der Waals surface area contributed by atoms with Crippen molar-refractivity contribution in [2.45, 2.75) is 73.4 Å². The summed E-state index contributed by atoms with van der Waals surface area (Å²) >= 11 is 0. The summed E-state index contributed by atoms with van der Waals surface area (Å²) in [6.45, 7) is 18.6. The summed E-state index contributed by atoms with van der Waals surface area (Å²) in [5.41, 5.74) is 6.24. The Kier molecular flexibility index (Phi) is 3.24. The maximum absolute atomic E-state index is 2.66. The van der Waals surface area contributed by atoms with Gasteiger partial charge in [0.1, 0.15) is 0 Å². The molecule has 0 amide bonds. The Labute approximate surface area is 119 Å². The molecule has 106 valence electrons. The van der Waals surface area contributed by atoms with Gasteiger partial charge in [-0.3, -0.25) is 0 Å². The van der Waals surface area contributed by atoms with E-state index in [2.05, 4.69) is 72.4 Å². The lowest BCUT2D eigenvalue weighted by Crippen LogP contribution is -2.44. The highest BCUT2D eigenvalue weighted by molar-refractivity contribution is 5.63. The van der Waals surface area contributed by atoms with E-state index in [0.717, 1.165) is 0 Å². The molecule has 1 aromatic carbocycles. The van der Waals surface area contributed by atoms with E-state index < -0.39 is 0 Å². The lowest BCUT2D eigenvalue weighted by Gasteiger charge is -2.40. The SMILES string of the molecule is Cc1cc(C)c(N2C(C)C(C)(C)CC2(C)C)c(C)c1. The zero-order valence-corrected chi connectivity index (χ0v) is 13.9. The van der Waals surface area contributed by atoms with Crippen LogP contribution in [0.4, 0.5) is 5.69 Å². The minimum absolute atomic E-state index is 0.230. The van der Waals surface area contributed by atoms with Crippen molar-refractivity contribution in [2.24, 2.45) is 5.41 Å². The van der Waals surface area contributed by atoms with Crippen molar-refractivity contribution in [3.8, 4) is 0 Å². The lowest BCUT2D eigenvalue weighted by molar-refractivity contribution is 0.329. The summed E-state index contributed by atoms with van der Waals surface area (Å²) in [5, 5.41) is 0. The molecule has 1 aliphatic rings. The minimum Gasteiger partial charge on any atom is -0.363 e. The van der Waals surface area contributed by atoms with E-state index in [0.29, 0.717) is 11.5 Å². The molecule has 0 spiro atoms. The summed E-state index contributed by atoms with van der Waals surface area (Å²) < 4.78 is 0. The highest BCUT2D eigenvalue weighted by Crippen LogP contribution is 2.49. The molecule has 1 nitrogen and oxygen atoms in total. The van der Waals surface area contributed by atoms with Crippen molar-refractivity contribution in [1.29, 1.82) is 0 Å². The van der Waals surface area contributed by atoms with Crippen LogP contribution in [0, 0.1) is 26.2 Å². The molecule has 19 heavy (non-hydrogen) atoms. The largest absolute Gasteiger partial charge is 0.363 e. The molecule has 1 heterocycles. The molecule has 1 fully saturated rings. The average Bonchev–Trinajstić information content (AvgIpc) is 2.34. The average molecular weight is 259 g/mol. The number of aryl methyl sites for hydroxylation is 3. The monoisotopic (exact) mass is 259 g/mol. The first kappa shape index (κ1) is 14.4. The maximum atomic E-state index is 2.66. The first-order chi connectivity index (χ1) is 8.56. The second kappa shape index (κ2) is 4.26. The van der Waals surface area contributed by atoms with E-state index in [4.69, 9.17) is 0 Å². The van der Waals surface area contributed by atoms with Gasteiger partial charge in [-0.05, 0) is 64.5 Å². The number of benzene rings is 1. The second-order valence-electron chi connectivity index (χ2n) is 7.77. The van der Waals surface area contributed by atoms with Gasteiger partial charge in [0.2, 0.25) is 0 Å². The molecule has 1 saturated heterocycles. The summed E-state index contributed by atoms with van der Waals surface area (Å²) in [4.78, 5) is 2.66. The summed E-state index contributed by atoms with van der Waals surface area (Å²) in [6.07, 6.45) is 1.24. The van der Waals surface area contributed by atoms with Crippen LogP contribution < -0.4 is 4.90 Å². The predicted molar refractivity (Wildman–Crippen MR) is 85.1 cm³/mol. The molecule has 1 aliphatic heterocycles. The van der Waals surface area contributed by atoms with E-state index in [1.807, 2.05) is 0 Å². The Morgan fingerprint density at radius 3 is 1.84 bits per heavy atom. The number of hydrogen-bond acceptors (Lipinski definition) is 1. The van der Waals surface area contributed by atoms with Crippen molar-refractivity contribution >= 4 is 5.69 Å². The minimum atomic E-state index is 0.230. The van der Waals surface area contributed by atoms with Crippen LogP contribution in [0.5, 0.6) is 0 Å². The van der Waals surface area contributed by atoms with Gasteiger partial charge in [-0.25, -0.2) is 0 Å². The zero-order valence-electron chi connectivity index (χ0n) is 13.9. The Hall–Kier alpha value is -0.980. The van der Waals surface area contributed by atoms with Crippen molar-refractivity contribution in [1.82, 2.24) is 0 Å². The summed E-state index contributed by atoms with van der Waals surface area (Å²) in [6, 6.07) is 5.20. The summed E-state index contributed by atoms with van der Waals surface area (Å²) in [7, 11) is 0. The van der Waals surface area contributed by atoms with Crippen LogP contribution in [-0.4, -0.2) is 11.6 Å². The van der Waals surface area contributed by atoms with Crippen LogP contribution in [0.2, 0.25) is 0 Å². The molecule has 1 unspecified atom stereocenters. The summed E-state index contributed by atoms with van der Waals surface area (Å²) in [5.74, 6) is 0. The van der Waals surface area contributed by atoms with E-state index in [1.54, 1.807) is 0 Å². The molecule has 0 radical (unpaired) electrons. The van der Waals surface area contributed by atoms with Crippen molar-refractivity contribution in [2.75, 3.05) is 4.90 Å². The smallest absolute Gasteiger partial charge is 0.0432 e. The van der Waals surface area contributed by atoms with Crippen molar-refractivity contribution < 1.29 is 0 Å². The van der Waals surface area contributed by atoms with Gasteiger partial charge in [-0.1, -0.05) is 31.5 Å². The molecule has 0 bridgehead atoms. The number of nitrogens with zero attached hydrogens (tertiary/aromatic N) is 1. The second-order valence-corrected chi connectivity index (χ2v) is 7.77. The first-order valence-electron chi connectivity index (χ1n) is 7.43. The van der Waals surface area contributed by atoms with Gasteiger partial charge < -0.3 is 4.90 Å². The van der Waals surface area contributed by atoms with Gasteiger partial charge in [0, 0.05) is 17.3 Å². The number of hydrogen-bond donors (Lipinski definition) is 0. The molecular formula is C18H29N. The third-order valence-electron chi connectivity index (χ3n) is 4.93. The van der Waals surface area contributed by atoms with Gasteiger partial charge in [0.05, 0.1) is 0 Å². The molecule has 0 aliphatic carbocycles. The van der Waals surface area contributed by atoms with Crippen LogP contribution in [0.3, 0.4) is 0 Å². The lowest BCUT2D eigenvalue weighted by atomic mass is 9.82. The van der Waals surface area contributed by atoms with Crippen LogP contribution in [0.25, 0.3) is 0 Å². The standard InChI is InChI=1S/C18H29N/c1-12-9-13(2)16(14(3)10-12)19-15(4)17(5,6)11-18(19,7)8/h9-10,15H,11H2,1-8H3. The van der Waals surface area contributed by atoms with E-state index >= 15 is 0 Å². The van der Waals surface area contributed by atoms with Crippen LogP contribution in [0.1, 0.15) is 57.7 Å². The Balaban J connectivity index is 2.58. The molecule has 1 aromatic rings. The molecule has 2 rings (SSSR count). The zero-order chi connectivity index (χ0) is 14.6. The van der Waals surface area contributed by atoms with Gasteiger partial charge in [0.25, 0.3) is 0 Å². The Morgan fingerprint density at radius 2 is 1.47 bits per heavy atom. The highest BCUT2D eigenvalue weighted by Gasteiger charge is 2.49. The van der Waals surface area contributed by atoms with Crippen LogP contribution >= 0.6 is 0 Å². The first-order valence-corrected chi connectivity index (χ1v) is 7.43. The third-order valence-corrected chi connectivity index (χ3v) is 4.93. The van der Waals surface area contributed by atoms with Crippen LogP contribution in [0.15, 0.2) is 12.1 Å². The van der Waals surface area contributed by atoms with Crippen molar-refractivity contribution in [3.63, 3.8) is 0 Å². The quantitative estimate of drug-likeness (QED) is 0.685. The van der Waals surface area contributed by atoms with E-state index in [-0.39, 0.29) is 5.54 Å². The van der Waals surface area contributed by atoms with Crippen LogP contribution in [-0.2, 0) is 0 Å². The molecule has 0 saturated carbocycles. The molecular weight excluding hydrogens is 230 g/mol. The normalized spacial score (nSPS) is 24.8. The van der Waals surface area contributed by atoms with Gasteiger partial charge in [-0.15, -0.1) is 0 Å². The third kappa shape index (κ3) is 2.28. The molecule has 1 heteroatoms. The van der Waals surface area contributed by atoms with E-state index in [9.17, 15) is 0 Å². The maximum Gasteiger partial charge on any atom is 0.0432 e. The molecule has 1 atom stereocenters. The highest BCUT2D eigenvalue weighted by atomic mass is 15.3. The molecule has 0 aromatic heterocycles. The fraction of sp³-hybridized carbons (Fsp3) is 0.667. The van der Waals surface area contributed by atoms with Gasteiger partial charge >= 0.3 is 0 Å². The van der Waals surface area contributed by atoms with Crippen molar-refractivity contribution in [3.05, 3.63) is 28.8 Å². The number of anilines is 1.